The van der Waals surface area contributed by atoms with E-state index in [-0.39, 0.29) is 25.8 Å². The number of aliphatic carboxylic acids is 2. The molecule has 0 aliphatic rings. The number of aldehydes is 1. The first-order valence-electron chi connectivity index (χ1n) is 10.2. The smallest absolute Gasteiger partial charge is 0.547 e. The fourth-order valence-electron chi connectivity index (χ4n) is 1.94. The molecule has 15 N–H and O–H groups in total. The van der Waals surface area contributed by atoms with Gasteiger partial charge in [-0.25, -0.2) is 0 Å². The minimum Gasteiger partial charge on any atom is -0.547 e. The molecule has 0 heterocycles. The van der Waals surface area contributed by atoms with Gasteiger partial charge < -0.3 is 101 Å². The van der Waals surface area contributed by atoms with E-state index in [0.717, 1.165) is 0 Å². The zero-order valence-electron chi connectivity index (χ0n) is 20.1. The van der Waals surface area contributed by atoms with Gasteiger partial charge in [0, 0.05) is 0 Å². The van der Waals surface area contributed by atoms with E-state index in [0.29, 0.717) is 0 Å². The van der Waals surface area contributed by atoms with Gasteiger partial charge in [0.15, 0.2) is 6.29 Å². The molecule has 0 fully saturated rings. The fraction of sp³-hybridized carbons (Fsp3) is 0.833. The monoisotopic (exact) mass is 634 g/mol. The van der Waals surface area contributed by atoms with Crippen molar-refractivity contribution in [2.45, 2.75) is 73.2 Å². The molecule has 21 heteroatoms. The van der Waals surface area contributed by atoms with Crippen LogP contribution >= 0.6 is 0 Å². The second-order valence-corrected chi connectivity index (χ2v) is 7.35. The molecule has 0 aromatic rings. The van der Waals surface area contributed by atoms with Crippen LogP contribution in [0, 0.1) is 0 Å². The minimum atomic E-state index is -2.31. The first kappa shape index (κ1) is 44.6. The third kappa shape index (κ3) is 17.1. The van der Waals surface area contributed by atoms with Gasteiger partial charge in [0.2, 0.25) is 0 Å². The largest absolute Gasteiger partial charge is 2.00 e. The van der Waals surface area contributed by atoms with Crippen molar-refractivity contribution in [2.24, 2.45) is 0 Å². The van der Waals surface area contributed by atoms with Crippen LogP contribution in [0.3, 0.4) is 0 Å². The van der Waals surface area contributed by atoms with Crippen molar-refractivity contribution in [3.8, 4) is 0 Å². The second-order valence-electron chi connectivity index (χ2n) is 7.35. The summed E-state index contributed by atoms with van der Waals surface area (Å²) in [7, 11) is 0. The third-order valence-corrected chi connectivity index (χ3v) is 4.41. The molecule has 20 nitrogen and oxygen atoms in total. The standard InChI is InChI=1S/2C6H12O7.C6H12O6.Zn/c2*7-1-2(8)3(9)4(10)5(11)6(12)13;7-1-3(9)5(11)6(12)4(10)2-8;/h2*2-5,7-11H,1H2,(H,12,13);1,3-6,8-12H,2H2;/q;;;+2/p-2. The van der Waals surface area contributed by atoms with Crippen LogP contribution in [-0.2, 0) is 33.9 Å². The van der Waals surface area contributed by atoms with Crippen molar-refractivity contribution >= 4 is 18.2 Å². The molecule has 39 heavy (non-hydrogen) atoms. The van der Waals surface area contributed by atoms with Crippen LogP contribution < -0.4 is 10.2 Å². The second kappa shape index (κ2) is 23.3. The minimum absolute atomic E-state index is 0. The summed E-state index contributed by atoms with van der Waals surface area (Å²) >= 11 is 0. The van der Waals surface area contributed by atoms with Gasteiger partial charge in [-0.3, -0.25) is 0 Å². The van der Waals surface area contributed by atoms with Gasteiger partial charge in [0.05, 0.1) is 31.8 Å². The SMILES string of the molecule is O=C([O-])C(O)C(O)C(O)C(O)CO.O=C([O-])C(O)C(O)C(O)C(O)CO.O=CC(O)C(O)C(O)C(O)CO.[Zn+2]. The van der Waals surface area contributed by atoms with Gasteiger partial charge in [-0.1, -0.05) is 0 Å². The summed E-state index contributed by atoms with van der Waals surface area (Å²) < 4.78 is 0. The van der Waals surface area contributed by atoms with Gasteiger partial charge in [-0.15, -0.1) is 0 Å². The predicted molar refractivity (Wildman–Crippen MR) is 109 cm³/mol. The van der Waals surface area contributed by atoms with Gasteiger partial charge >= 0.3 is 19.5 Å². The van der Waals surface area contributed by atoms with Gasteiger partial charge in [-0.2, -0.15) is 0 Å². The van der Waals surface area contributed by atoms with E-state index in [2.05, 4.69) is 0 Å². The van der Waals surface area contributed by atoms with Crippen LogP contribution in [-0.4, -0.2) is 188 Å². The Hall–Kier alpha value is -1.37. The van der Waals surface area contributed by atoms with Crippen molar-refractivity contribution < 1.29 is 121 Å². The molecule has 0 aliphatic heterocycles. The molecule has 12 unspecified atom stereocenters. The quantitative estimate of drug-likeness (QED) is 0.0586. The number of carbonyl (C=O) groups is 3. The first-order chi connectivity index (χ1) is 17.4. The van der Waals surface area contributed by atoms with E-state index >= 15 is 0 Å². The Morgan fingerprint density at radius 3 is 0.923 bits per heavy atom. The van der Waals surface area contributed by atoms with Crippen LogP contribution in [0.25, 0.3) is 0 Å². The zero-order valence-corrected chi connectivity index (χ0v) is 23.1. The molecular formula is C18H34O20Zn. The molecule has 0 radical (unpaired) electrons. The number of carboxylic acids is 2. The van der Waals surface area contributed by atoms with E-state index in [1.807, 2.05) is 0 Å². The summed E-state index contributed by atoms with van der Waals surface area (Å²) in [4.78, 5) is 29.9. The van der Waals surface area contributed by atoms with Crippen LogP contribution in [0.2, 0.25) is 0 Å². The van der Waals surface area contributed by atoms with E-state index in [9.17, 15) is 24.6 Å². The van der Waals surface area contributed by atoms with E-state index in [1.54, 1.807) is 0 Å². The van der Waals surface area contributed by atoms with Gasteiger partial charge in [0.25, 0.3) is 0 Å². The molecule has 0 saturated carbocycles. The summed E-state index contributed by atoms with van der Waals surface area (Å²) in [5.74, 6) is -3.95. The predicted octanol–water partition coefficient (Wildman–Crippen LogP) is -13.0. The normalized spacial score (nSPS) is 20.1. The Labute approximate surface area is 232 Å². The molecule has 0 aromatic carbocycles. The molecule has 0 aliphatic carbocycles. The summed E-state index contributed by atoms with van der Waals surface area (Å²) in [6.07, 6.45) is -23.0. The Kier molecular flexibility index (Phi) is 26.7. The number of aliphatic hydroxyl groups excluding tert-OH is 15. The van der Waals surface area contributed by atoms with E-state index < -0.39 is 105 Å². The van der Waals surface area contributed by atoms with E-state index in [4.69, 9.17) is 76.6 Å². The Morgan fingerprint density at radius 2 is 0.744 bits per heavy atom. The third-order valence-electron chi connectivity index (χ3n) is 4.41. The van der Waals surface area contributed by atoms with Crippen molar-refractivity contribution in [1.82, 2.24) is 0 Å². The molecule has 0 saturated heterocycles. The maximum atomic E-state index is 9.98. The molecule has 0 rings (SSSR count). The van der Waals surface area contributed by atoms with Gasteiger partial charge in [0.1, 0.15) is 73.2 Å². The Bertz CT molecular complexity index is 618. The maximum absolute atomic E-state index is 9.98. The van der Waals surface area contributed by atoms with Crippen molar-refractivity contribution in [1.29, 1.82) is 0 Å². The average molecular weight is 636 g/mol. The van der Waals surface area contributed by atoms with Crippen molar-refractivity contribution in [3.63, 3.8) is 0 Å². The van der Waals surface area contributed by atoms with Crippen LogP contribution in [0.15, 0.2) is 0 Å². The first-order valence-corrected chi connectivity index (χ1v) is 10.2. The van der Waals surface area contributed by atoms with Crippen LogP contribution in [0.4, 0.5) is 0 Å². The number of carbonyl (C=O) groups excluding carboxylic acids is 3. The summed E-state index contributed by atoms with van der Waals surface area (Å²) in [6.45, 7) is -2.49. The molecule has 0 spiro atoms. The number of hydrogen-bond acceptors (Lipinski definition) is 20. The molecule has 12 atom stereocenters. The number of carboxylic acid groups (broad SMARTS) is 2. The van der Waals surface area contributed by atoms with Gasteiger partial charge in [-0.05, 0) is 0 Å². The fourth-order valence-corrected chi connectivity index (χ4v) is 1.94. The average Bonchev–Trinajstić information content (AvgIpc) is 2.92. The molecule has 0 amide bonds. The topological polar surface area (TPSA) is 401 Å². The Balaban J connectivity index is -0.000000233. The molecule has 0 aromatic heterocycles. The van der Waals surface area contributed by atoms with E-state index in [1.165, 1.54) is 0 Å². The number of hydrogen-bond donors (Lipinski definition) is 15. The summed E-state index contributed by atoms with van der Waals surface area (Å²) in [5, 5.41) is 150. The molecule has 228 valence electrons. The van der Waals surface area contributed by atoms with Crippen LogP contribution in [0.1, 0.15) is 0 Å². The maximum Gasteiger partial charge on any atom is 2.00 e. The number of aliphatic hydroxyl groups is 15. The molecular weight excluding hydrogens is 602 g/mol. The zero-order chi connectivity index (χ0) is 30.9. The molecule has 0 bridgehead atoms. The van der Waals surface area contributed by atoms with Crippen LogP contribution in [0.5, 0.6) is 0 Å². The summed E-state index contributed by atoms with van der Waals surface area (Å²) in [5.41, 5.74) is 0. The van der Waals surface area contributed by atoms with Crippen molar-refractivity contribution in [2.75, 3.05) is 19.8 Å². The number of rotatable bonds is 15. The summed E-state index contributed by atoms with van der Waals surface area (Å²) in [6, 6.07) is 0. The van der Waals surface area contributed by atoms with Crippen molar-refractivity contribution in [3.05, 3.63) is 0 Å². The Morgan fingerprint density at radius 1 is 0.513 bits per heavy atom.